The molecule has 0 bridgehead atoms. The normalized spacial score (nSPS) is 17.8. The summed E-state index contributed by atoms with van der Waals surface area (Å²) in [5.41, 5.74) is 1.20. The third-order valence-electron chi connectivity index (χ3n) is 4.91. The van der Waals surface area contributed by atoms with Crippen molar-refractivity contribution >= 4 is 0 Å². The first kappa shape index (κ1) is 20.6. The van der Waals surface area contributed by atoms with Gasteiger partial charge in [-0.05, 0) is 57.6 Å². The van der Waals surface area contributed by atoms with Crippen LogP contribution in [-0.4, -0.2) is 54.4 Å². The highest BCUT2D eigenvalue weighted by Gasteiger charge is 2.29. The summed E-state index contributed by atoms with van der Waals surface area (Å²) in [4.78, 5) is 4.46. The van der Waals surface area contributed by atoms with Crippen molar-refractivity contribution in [3.63, 3.8) is 0 Å². The Morgan fingerprint density at radius 2 is 2.07 bits per heavy atom. The molecule has 7 heteroatoms. The Morgan fingerprint density at radius 3 is 2.82 bits per heavy atom. The Morgan fingerprint density at radius 1 is 1.21 bits per heavy atom. The molecule has 0 aliphatic carbocycles. The average molecular weight is 389 g/mol. The third-order valence-corrected chi connectivity index (χ3v) is 4.91. The van der Waals surface area contributed by atoms with Gasteiger partial charge in [0, 0.05) is 6.54 Å². The molecule has 154 valence electrons. The highest BCUT2D eigenvalue weighted by Crippen LogP contribution is 2.34. The van der Waals surface area contributed by atoms with Gasteiger partial charge >= 0.3 is 0 Å². The second kappa shape index (κ2) is 9.89. The minimum Gasteiger partial charge on any atom is -0.493 e. The minimum absolute atomic E-state index is 0.166. The molecule has 3 rings (SSSR count). The molecule has 0 spiro atoms. The van der Waals surface area contributed by atoms with Gasteiger partial charge in [-0.15, -0.1) is 10.2 Å². The van der Waals surface area contributed by atoms with E-state index in [2.05, 4.69) is 34.2 Å². The van der Waals surface area contributed by atoms with Crippen LogP contribution in [0.25, 0.3) is 0 Å². The molecular formula is C21H32N4O3. The van der Waals surface area contributed by atoms with Gasteiger partial charge in [0.15, 0.2) is 11.5 Å². The van der Waals surface area contributed by atoms with Crippen molar-refractivity contribution in [1.82, 2.24) is 20.0 Å². The van der Waals surface area contributed by atoms with Gasteiger partial charge in [-0.2, -0.15) is 0 Å². The zero-order valence-electron chi connectivity index (χ0n) is 17.5. The molecule has 2 aromatic rings. The van der Waals surface area contributed by atoms with Crippen LogP contribution in [0.5, 0.6) is 11.5 Å². The summed E-state index contributed by atoms with van der Waals surface area (Å²) in [6, 6.07) is 6.36. The average Bonchev–Trinajstić information content (AvgIpc) is 3.14. The topological polar surface area (TPSA) is 63.9 Å². The predicted molar refractivity (Wildman–Crippen MR) is 107 cm³/mol. The van der Waals surface area contributed by atoms with E-state index < -0.39 is 0 Å². The maximum Gasteiger partial charge on any atom is 0.233 e. The summed E-state index contributed by atoms with van der Waals surface area (Å²) < 4.78 is 17.3. The molecule has 1 aliphatic rings. The first-order valence-corrected chi connectivity index (χ1v) is 10.1. The Hall–Kier alpha value is -2.12. The Labute approximate surface area is 167 Å². The van der Waals surface area contributed by atoms with Gasteiger partial charge < -0.3 is 18.8 Å². The molecule has 1 aromatic carbocycles. The maximum atomic E-state index is 5.96. The van der Waals surface area contributed by atoms with Crippen molar-refractivity contribution in [2.45, 2.75) is 51.7 Å². The van der Waals surface area contributed by atoms with Gasteiger partial charge in [0.25, 0.3) is 0 Å². The van der Waals surface area contributed by atoms with Gasteiger partial charge in [-0.3, -0.25) is 4.90 Å². The highest BCUT2D eigenvalue weighted by molar-refractivity contribution is 5.43. The van der Waals surface area contributed by atoms with Crippen LogP contribution in [0.2, 0.25) is 0 Å². The number of hydrogen-bond acceptors (Lipinski definition) is 7. The summed E-state index contributed by atoms with van der Waals surface area (Å²) in [5, 5.41) is 8.56. The monoisotopic (exact) mass is 388 g/mol. The quantitative estimate of drug-likeness (QED) is 0.649. The SMILES string of the molecule is CCCOc1ccc(CN2CCCCC2c2nnc(CN(C)C)o2)cc1OC. The first-order valence-electron chi connectivity index (χ1n) is 10.1. The number of ether oxygens (including phenoxy) is 2. The third kappa shape index (κ3) is 5.23. The fraction of sp³-hybridized carbons (Fsp3) is 0.619. The lowest BCUT2D eigenvalue weighted by atomic mass is 10.0. The number of benzene rings is 1. The number of aromatic nitrogens is 2. The number of piperidine rings is 1. The Kier molecular flexibility index (Phi) is 7.28. The van der Waals surface area contributed by atoms with Crippen LogP contribution in [0.15, 0.2) is 22.6 Å². The molecule has 0 radical (unpaired) electrons. The second-order valence-corrected chi connectivity index (χ2v) is 7.59. The van der Waals surface area contributed by atoms with Crippen molar-refractivity contribution in [3.8, 4) is 11.5 Å². The van der Waals surface area contributed by atoms with Crippen LogP contribution >= 0.6 is 0 Å². The summed E-state index contributed by atoms with van der Waals surface area (Å²) in [6.07, 6.45) is 4.38. The predicted octanol–water partition coefficient (Wildman–Crippen LogP) is 3.66. The van der Waals surface area contributed by atoms with E-state index in [1.165, 1.54) is 18.4 Å². The van der Waals surface area contributed by atoms with Crippen molar-refractivity contribution in [1.29, 1.82) is 0 Å². The van der Waals surface area contributed by atoms with Crippen LogP contribution in [0.3, 0.4) is 0 Å². The fourth-order valence-electron chi connectivity index (χ4n) is 3.57. The van der Waals surface area contributed by atoms with Crippen LogP contribution in [-0.2, 0) is 13.1 Å². The second-order valence-electron chi connectivity index (χ2n) is 7.59. The van der Waals surface area contributed by atoms with Crippen LogP contribution in [0, 0.1) is 0 Å². The molecule has 0 saturated carbocycles. The summed E-state index contributed by atoms with van der Waals surface area (Å²) in [5.74, 6) is 2.98. The zero-order valence-corrected chi connectivity index (χ0v) is 17.5. The molecule has 2 heterocycles. The van der Waals surface area contributed by atoms with E-state index in [1.54, 1.807) is 7.11 Å². The van der Waals surface area contributed by atoms with E-state index >= 15 is 0 Å². The molecular weight excluding hydrogens is 356 g/mol. The number of hydrogen-bond donors (Lipinski definition) is 0. The molecule has 1 atom stereocenters. The van der Waals surface area contributed by atoms with E-state index in [0.717, 1.165) is 43.3 Å². The molecule has 1 fully saturated rings. The number of nitrogens with zero attached hydrogens (tertiary/aromatic N) is 4. The number of methoxy groups -OCH3 is 1. The van der Waals surface area contributed by atoms with Gasteiger partial charge in [-0.25, -0.2) is 0 Å². The van der Waals surface area contributed by atoms with Gasteiger partial charge in [0.05, 0.1) is 26.3 Å². The fourth-order valence-corrected chi connectivity index (χ4v) is 3.57. The van der Waals surface area contributed by atoms with E-state index in [-0.39, 0.29) is 6.04 Å². The number of likely N-dealkylation sites (tertiary alicyclic amines) is 1. The van der Waals surface area contributed by atoms with Crippen molar-refractivity contribution in [2.75, 3.05) is 34.4 Å². The molecule has 1 aromatic heterocycles. The van der Waals surface area contributed by atoms with Crippen molar-refractivity contribution in [3.05, 3.63) is 35.5 Å². The molecule has 1 aliphatic heterocycles. The largest absolute Gasteiger partial charge is 0.493 e. The maximum absolute atomic E-state index is 5.96. The van der Waals surface area contributed by atoms with Gasteiger partial charge in [-0.1, -0.05) is 19.4 Å². The Bertz CT molecular complexity index is 747. The van der Waals surface area contributed by atoms with E-state index in [1.807, 2.05) is 25.1 Å². The summed E-state index contributed by atoms with van der Waals surface area (Å²) >= 11 is 0. The molecule has 28 heavy (non-hydrogen) atoms. The van der Waals surface area contributed by atoms with Crippen LogP contribution < -0.4 is 9.47 Å². The van der Waals surface area contributed by atoms with Crippen LogP contribution in [0.4, 0.5) is 0 Å². The standard InChI is InChI=1S/C21H32N4O3/c1-5-12-27-18-10-9-16(13-19(18)26-4)14-25-11-7-6-8-17(25)21-23-22-20(28-21)15-24(2)3/h9-10,13,17H,5-8,11-12,14-15H2,1-4H3. The van der Waals surface area contributed by atoms with E-state index in [9.17, 15) is 0 Å². The van der Waals surface area contributed by atoms with Crippen molar-refractivity contribution in [2.24, 2.45) is 0 Å². The van der Waals surface area contributed by atoms with E-state index in [0.29, 0.717) is 19.0 Å². The van der Waals surface area contributed by atoms with Gasteiger partial charge in [0.1, 0.15) is 0 Å². The molecule has 7 nitrogen and oxygen atoms in total. The zero-order chi connectivity index (χ0) is 19.9. The van der Waals surface area contributed by atoms with Gasteiger partial charge in [0.2, 0.25) is 11.8 Å². The summed E-state index contributed by atoms with van der Waals surface area (Å²) in [6.45, 7) is 5.29. The molecule has 0 N–H and O–H groups in total. The lowest BCUT2D eigenvalue weighted by molar-refractivity contribution is 0.115. The summed E-state index contributed by atoms with van der Waals surface area (Å²) in [7, 11) is 5.68. The molecule has 0 amide bonds. The lowest BCUT2D eigenvalue weighted by Gasteiger charge is -2.33. The smallest absolute Gasteiger partial charge is 0.233 e. The Balaban J connectivity index is 1.73. The molecule has 1 unspecified atom stereocenters. The first-order chi connectivity index (χ1) is 13.6. The lowest BCUT2D eigenvalue weighted by Crippen LogP contribution is -2.33. The van der Waals surface area contributed by atoms with E-state index in [4.69, 9.17) is 13.9 Å². The highest BCUT2D eigenvalue weighted by atomic mass is 16.5. The van der Waals surface area contributed by atoms with Crippen LogP contribution in [0.1, 0.15) is 56.0 Å². The van der Waals surface area contributed by atoms with Crippen molar-refractivity contribution < 1.29 is 13.9 Å². The number of rotatable bonds is 9. The minimum atomic E-state index is 0.166. The molecule has 1 saturated heterocycles.